The minimum absolute atomic E-state index is 0.801. The lowest BCUT2D eigenvalue weighted by atomic mass is 9.97. The second-order valence-corrected chi connectivity index (χ2v) is 4.80. The van der Waals surface area contributed by atoms with Gasteiger partial charge in [-0.1, -0.05) is 0 Å². The van der Waals surface area contributed by atoms with Crippen LogP contribution in [0.15, 0.2) is 0 Å². The van der Waals surface area contributed by atoms with Gasteiger partial charge in [0.1, 0.15) is 0 Å². The molecule has 0 amide bonds. The van der Waals surface area contributed by atoms with E-state index in [1.807, 2.05) is 7.05 Å². The summed E-state index contributed by atoms with van der Waals surface area (Å²) in [6, 6.07) is 0. The number of nitrogens with one attached hydrogen (secondary N) is 1. The Morgan fingerprint density at radius 3 is 2.59 bits per heavy atom. The maximum Gasteiger partial charge on any atom is 0.0593 e. The molecule has 0 aromatic carbocycles. The fourth-order valence-corrected chi connectivity index (χ4v) is 2.30. The van der Waals surface area contributed by atoms with Gasteiger partial charge in [-0.25, -0.2) is 0 Å². The van der Waals surface area contributed by atoms with Crippen molar-refractivity contribution in [1.82, 2.24) is 10.2 Å². The summed E-state index contributed by atoms with van der Waals surface area (Å²) in [6.07, 6.45) is 3.65. The Kier molecular flexibility index (Phi) is 8.61. The van der Waals surface area contributed by atoms with Gasteiger partial charge in [-0.3, -0.25) is 0 Å². The van der Waals surface area contributed by atoms with Crippen molar-refractivity contribution in [2.45, 2.75) is 19.3 Å². The average molecular weight is 244 g/mol. The number of ether oxygens (including phenoxy) is 2. The zero-order valence-corrected chi connectivity index (χ0v) is 11.4. The number of hydrogen-bond acceptors (Lipinski definition) is 4. The van der Waals surface area contributed by atoms with Crippen LogP contribution in [-0.2, 0) is 9.47 Å². The maximum atomic E-state index is 5.58. The molecule has 0 bridgehead atoms. The second-order valence-electron chi connectivity index (χ2n) is 4.80. The van der Waals surface area contributed by atoms with Crippen molar-refractivity contribution < 1.29 is 9.47 Å². The van der Waals surface area contributed by atoms with Gasteiger partial charge in [0.25, 0.3) is 0 Å². The molecule has 1 rings (SSSR count). The molecule has 1 N–H and O–H groups in total. The highest BCUT2D eigenvalue weighted by atomic mass is 16.5. The van der Waals surface area contributed by atoms with Crippen molar-refractivity contribution in [3.05, 3.63) is 0 Å². The van der Waals surface area contributed by atoms with Crippen LogP contribution in [0.5, 0.6) is 0 Å². The van der Waals surface area contributed by atoms with Gasteiger partial charge in [0.2, 0.25) is 0 Å². The molecule has 1 aliphatic rings. The van der Waals surface area contributed by atoms with E-state index in [0.717, 1.165) is 38.7 Å². The Morgan fingerprint density at radius 1 is 1.18 bits per heavy atom. The smallest absolute Gasteiger partial charge is 0.0593 e. The van der Waals surface area contributed by atoms with Gasteiger partial charge in [0.15, 0.2) is 0 Å². The fourth-order valence-electron chi connectivity index (χ4n) is 2.30. The summed E-state index contributed by atoms with van der Waals surface area (Å²) < 4.78 is 10.6. The lowest BCUT2D eigenvalue weighted by Crippen LogP contribution is -2.38. The van der Waals surface area contributed by atoms with E-state index in [4.69, 9.17) is 9.47 Å². The molecular formula is C13H28N2O2. The van der Waals surface area contributed by atoms with Crippen LogP contribution in [0.2, 0.25) is 0 Å². The first-order valence-electron chi connectivity index (χ1n) is 6.80. The second kappa shape index (κ2) is 9.83. The lowest BCUT2D eigenvalue weighted by Gasteiger charge is -2.31. The van der Waals surface area contributed by atoms with E-state index >= 15 is 0 Å². The summed E-state index contributed by atoms with van der Waals surface area (Å²) in [5.41, 5.74) is 0. The Balaban J connectivity index is 1.91. The van der Waals surface area contributed by atoms with Gasteiger partial charge in [-0.05, 0) is 51.9 Å². The van der Waals surface area contributed by atoms with Crippen LogP contribution in [0, 0.1) is 5.92 Å². The highest BCUT2D eigenvalue weighted by Gasteiger charge is 2.17. The Morgan fingerprint density at radius 2 is 1.94 bits per heavy atom. The number of piperidine rings is 1. The molecule has 0 spiro atoms. The number of likely N-dealkylation sites (tertiary alicyclic amines) is 1. The van der Waals surface area contributed by atoms with Gasteiger partial charge < -0.3 is 19.7 Å². The number of methoxy groups -OCH3 is 1. The normalized spacial score (nSPS) is 18.7. The van der Waals surface area contributed by atoms with Gasteiger partial charge >= 0.3 is 0 Å². The molecule has 4 heteroatoms. The first kappa shape index (κ1) is 14.9. The van der Waals surface area contributed by atoms with E-state index in [2.05, 4.69) is 10.2 Å². The van der Waals surface area contributed by atoms with Crippen molar-refractivity contribution in [2.24, 2.45) is 5.92 Å². The molecule has 0 radical (unpaired) electrons. The number of nitrogens with zero attached hydrogens (tertiary/aromatic N) is 1. The third-order valence-electron chi connectivity index (χ3n) is 3.39. The molecule has 0 aromatic rings. The third kappa shape index (κ3) is 6.99. The molecule has 1 heterocycles. The van der Waals surface area contributed by atoms with Gasteiger partial charge in [0.05, 0.1) is 6.61 Å². The Labute approximate surface area is 106 Å². The summed E-state index contributed by atoms with van der Waals surface area (Å²) in [6.45, 7) is 7.20. The van der Waals surface area contributed by atoms with E-state index in [9.17, 15) is 0 Å². The van der Waals surface area contributed by atoms with Gasteiger partial charge in [-0.15, -0.1) is 0 Å². The van der Waals surface area contributed by atoms with Crippen molar-refractivity contribution in [3.63, 3.8) is 0 Å². The number of rotatable bonds is 9. The first-order valence-corrected chi connectivity index (χ1v) is 6.80. The van der Waals surface area contributed by atoms with E-state index in [-0.39, 0.29) is 0 Å². The Hall–Kier alpha value is -0.160. The minimum atomic E-state index is 0.801. The molecule has 17 heavy (non-hydrogen) atoms. The zero-order chi connectivity index (χ0) is 12.3. The Bertz CT molecular complexity index is 171. The van der Waals surface area contributed by atoms with Crippen molar-refractivity contribution in [2.75, 3.05) is 60.2 Å². The first-order chi connectivity index (χ1) is 8.36. The highest BCUT2D eigenvalue weighted by Crippen LogP contribution is 2.15. The largest absolute Gasteiger partial charge is 0.385 e. The predicted molar refractivity (Wildman–Crippen MR) is 70.4 cm³/mol. The summed E-state index contributed by atoms with van der Waals surface area (Å²) in [7, 11) is 3.77. The van der Waals surface area contributed by atoms with E-state index < -0.39 is 0 Å². The molecule has 0 aromatic heterocycles. The molecule has 1 aliphatic heterocycles. The molecular weight excluding hydrogens is 216 g/mol. The standard InChI is InChI=1S/C13H28N2O2/c1-14-12-13-4-6-15(7-5-13)8-11-17-10-3-9-16-2/h13-14H,3-12H2,1-2H3. The van der Waals surface area contributed by atoms with Crippen molar-refractivity contribution in [1.29, 1.82) is 0 Å². The SMILES string of the molecule is CNCC1CCN(CCOCCCOC)CC1. The predicted octanol–water partition coefficient (Wildman–Crippen LogP) is 0.971. The summed E-state index contributed by atoms with van der Waals surface area (Å²) >= 11 is 0. The highest BCUT2D eigenvalue weighted by molar-refractivity contribution is 4.73. The van der Waals surface area contributed by atoms with Crippen LogP contribution in [0.25, 0.3) is 0 Å². The van der Waals surface area contributed by atoms with Crippen LogP contribution >= 0.6 is 0 Å². The van der Waals surface area contributed by atoms with Crippen LogP contribution in [0.3, 0.4) is 0 Å². The van der Waals surface area contributed by atoms with E-state index in [0.29, 0.717) is 0 Å². The topological polar surface area (TPSA) is 33.7 Å². The molecule has 0 atom stereocenters. The quantitative estimate of drug-likeness (QED) is 0.613. The van der Waals surface area contributed by atoms with Crippen LogP contribution < -0.4 is 5.32 Å². The molecule has 1 fully saturated rings. The summed E-state index contributed by atoms with van der Waals surface area (Å²) in [4.78, 5) is 2.52. The molecule has 4 nitrogen and oxygen atoms in total. The monoisotopic (exact) mass is 244 g/mol. The van der Waals surface area contributed by atoms with Crippen molar-refractivity contribution >= 4 is 0 Å². The molecule has 0 unspecified atom stereocenters. The zero-order valence-electron chi connectivity index (χ0n) is 11.4. The number of hydrogen-bond donors (Lipinski definition) is 1. The average Bonchev–Trinajstić information content (AvgIpc) is 2.36. The molecule has 0 saturated carbocycles. The van der Waals surface area contributed by atoms with Crippen LogP contribution in [0.1, 0.15) is 19.3 Å². The maximum absolute atomic E-state index is 5.58. The summed E-state index contributed by atoms with van der Waals surface area (Å²) in [5.74, 6) is 0.874. The van der Waals surface area contributed by atoms with E-state index in [1.165, 1.54) is 32.5 Å². The summed E-state index contributed by atoms with van der Waals surface area (Å²) in [5, 5.41) is 3.27. The van der Waals surface area contributed by atoms with E-state index in [1.54, 1.807) is 7.11 Å². The van der Waals surface area contributed by atoms with Gasteiger partial charge in [0, 0.05) is 26.9 Å². The lowest BCUT2D eigenvalue weighted by molar-refractivity contribution is 0.0739. The minimum Gasteiger partial charge on any atom is -0.385 e. The fraction of sp³-hybridized carbons (Fsp3) is 1.00. The molecule has 1 saturated heterocycles. The molecule has 102 valence electrons. The van der Waals surface area contributed by atoms with Crippen molar-refractivity contribution in [3.8, 4) is 0 Å². The van der Waals surface area contributed by atoms with Crippen LogP contribution in [-0.4, -0.2) is 65.1 Å². The van der Waals surface area contributed by atoms with Crippen LogP contribution in [0.4, 0.5) is 0 Å². The van der Waals surface area contributed by atoms with Gasteiger partial charge in [-0.2, -0.15) is 0 Å². The third-order valence-corrected chi connectivity index (χ3v) is 3.39. The molecule has 0 aliphatic carbocycles.